The van der Waals surface area contributed by atoms with Gasteiger partial charge in [-0.25, -0.2) is 9.88 Å². The highest BCUT2D eigenvalue weighted by molar-refractivity contribution is 6.35. The molecule has 2 heterocycles. The Morgan fingerprint density at radius 1 is 0.864 bits per heavy atom. The van der Waals surface area contributed by atoms with Crippen molar-refractivity contribution < 1.29 is 9.59 Å². The summed E-state index contributed by atoms with van der Waals surface area (Å²) in [4.78, 5) is 30.3. The highest BCUT2D eigenvalue weighted by Crippen LogP contribution is 2.31. The monoisotopic (exact) mass is 289 g/mol. The Balaban J connectivity index is 1.91. The fourth-order valence-electron chi connectivity index (χ4n) is 2.70. The molecule has 1 aliphatic heterocycles. The van der Waals surface area contributed by atoms with Crippen LogP contribution in [0.5, 0.6) is 0 Å². The quantitative estimate of drug-likeness (QED) is 0.552. The first-order valence-electron chi connectivity index (χ1n) is 6.78. The summed E-state index contributed by atoms with van der Waals surface area (Å²) in [6.07, 6.45) is 1.55. The molecule has 0 saturated carbocycles. The van der Waals surface area contributed by atoms with Crippen LogP contribution in [0.2, 0.25) is 0 Å². The second-order valence-corrected chi connectivity index (χ2v) is 5.14. The van der Waals surface area contributed by atoms with E-state index in [-0.39, 0.29) is 11.8 Å². The molecule has 3 aromatic rings. The van der Waals surface area contributed by atoms with E-state index in [1.165, 1.54) is 0 Å². The summed E-state index contributed by atoms with van der Waals surface area (Å²) in [5.74, 6) is -0.377. The van der Waals surface area contributed by atoms with Gasteiger partial charge in [-0.05, 0) is 47.2 Å². The third-order valence-corrected chi connectivity index (χ3v) is 3.75. The van der Waals surface area contributed by atoms with Crippen molar-refractivity contribution in [3.8, 4) is 0 Å². The van der Waals surface area contributed by atoms with Gasteiger partial charge < -0.3 is 5.73 Å². The lowest BCUT2D eigenvalue weighted by Crippen LogP contribution is -2.30. The summed E-state index contributed by atoms with van der Waals surface area (Å²) < 4.78 is 0. The molecule has 5 nitrogen and oxygen atoms in total. The lowest BCUT2D eigenvalue weighted by atomic mass is 10.0. The van der Waals surface area contributed by atoms with E-state index in [0.717, 1.165) is 15.7 Å². The highest BCUT2D eigenvalue weighted by Gasteiger charge is 2.37. The molecule has 2 N–H and O–H groups in total. The van der Waals surface area contributed by atoms with E-state index in [1.807, 2.05) is 6.07 Å². The zero-order chi connectivity index (χ0) is 15.3. The van der Waals surface area contributed by atoms with E-state index in [0.29, 0.717) is 22.6 Å². The van der Waals surface area contributed by atoms with E-state index < -0.39 is 0 Å². The van der Waals surface area contributed by atoms with Crippen LogP contribution in [0.3, 0.4) is 0 Å². The van der Waals surface area contributed by atoms with E-state index in [4.69, 9.17) is 5.73 Å². The number of anilines is 2. The molecular formula is C17H11N3O2. The first-order chi connectivity index (χ1) is 10.6. The molecule has 0 fully saturated rings. The van der Waals surface area contributed by atoms with Gasteiger partial charge in [-0.3, -0.25) is 9.59 Å². The molecule has 0 spiro atoms. The van der Waals surface area contributed by atoms with Crippen LogP contribution < -0.4 is 10.6 Å². The molecule has 0 unspecified atom stereocenters. The van der Waals surface area contributed by atoms with Crippen molar-refractivity contribution in [3.05, 3.63) is 65.9 Å². The number of carbonyl (C=O) groups is 2. The summed E-state index contributed by atoms with van der Waals surface area (Å²) in [7, 11) is 0. The zero-order valence-electron chi connectivity index (χ0n) is 11.5. The molecule has 0 atom stereocenters. The van der Waals surface area contributed by atoms with Crippen molar-refractivity contribution >= 4 is 34.1 Å². The molecule has 0 radical (unpaired) electrons. The molecular weight excluding hydrogens is 278 g/mol. The average Bonchev–Trinajstić information content (AvgIpc) is 2.77. The standard InChI is InChI=1S/C17H11N3O2/c18-12-5-4-10-8-13-14(9-11(10)7-12)17(22)20(16(13)21)15-3-1-2-6-19-15/h1-9H,18H2. The molecule has 2 aromatic carbocycles. The van der Waals surface area contributed by atoms with Crippen LogP contribution in [-0.4, -0.2) is 16.8 Å². The molecule has 2 amide bonds. The Bertz CT molecular complexity index is 935. The molecule has 1 aromatic heterocycles. The van der Waals surface area contributed by atoms with Gasteiger partial charge in [0.25, 0.3) is 11.8 Å². The number of pyridine rings is 1. The highest BCUT2D eigenvalue weighted by atomic mass is 16.2. The Morgan fingerprint density at radius 2 is 1.59 bits per heavy atom. The van der Waals surface area contributed by atoms with E-state index in [9.17, 15) is 9.59 Å². The van der Waals surface area contributed by atoms with Gasteiger partial charge in [0.1, 0.15) is 5.82 Å². The molecule has 0 bridgehead atoms. The van der Waals surface area contributed by atoms with Gasteiger partial charge in [-0.15, -0.1) is 0 Å². The van der Waals surface area contributed by atoms with Gasteiger partial charge in [0.15, 0.2) is 0 Å². The van der Waals surface area contributed by atoms with Crippen LogP contribution in [0.1, 0.15) is 20.7 Å². The van der Waals surface area contributed by atoms with E-state index in [1.54, 1.807) is 48.7 Å². The fraction of sp³-hybridized carbons (Fsp3) is 0. The van der Waals surface area contributed by atoms with Crippen LogP contribution in [0, 0.1) is 0 Å². The van der Waals surface area contributed by atoms with Crippen molar-refractivity contribution in [2.45, 2.75) is 0 Å². The number of rotatable bonds is 1. The van der Waals surface area contributed by atoms with Crippen LogP contribution in [0.15, 0.2) is 54.7 Å². The first kappa shape index (κ1) is 12.5. The molecule has 1 aliphatic rings. The lowest BCUT2D eigenvalue weighted by molar-refractivity contribution is 0.0925. The Labute approximate surface area is 126 Å². The van der Waals surface area contributed by atoms with Crippen molar-refractivity contribution in [2.75, 3.05) is 10.6 Å². The summed E-state index contributed by atoms with van der Waals surface area (Å²) in [5, 5.41) is 1.71. The SMILES string of the molecule is Nc1ccc2cc3c(cc2c1)C(=O)N(c1ccccn1)C3=O. The summed E-state index contributed by atoms with van der Waals surface area (Å²) >= 11 is 0. The number of nitrogen functional groups attached to an aromatic ring is 1. The van der Waals surface area contributed by atoms with E-state index in [2.05, 4.69) is 4.98 Å². The predicted molar refractivity (Wildman–Crippen MR) is 83.7 cm³/mol. The smallest absolute Gasteiger partial charge is 0.267 e. The maximum Gasteiger partial charge on any atom is 0.267 e. The summed E-state index contributed by atoms with van der Waals surface area (Å²) in [6, 6.07) is 14.0. The molecule has 0 saturated heterocycles. The molecule has 5 heteroatoms. The van der Waals surface area contributed by atoms with Crippen molar-refractivity contribution in [1.82, 2.24) is 4.98 Å². The predicted octanol–water partition coefficient (Wildman–Crippen LogP) is 2.62. The van der Waals surface area contributed by atoms with Gasteiger partial charge in [0.05, 0.1) is 11.1 Å². The Hall–Kier alpha value is -3.21. The van der Waals surface area contributed by atoms with Crippen molar-refractivity contribution in [3.63, 3.8) is 0 Å². The zero-order valence-corrected chi connectivity index (χ0v) is 11.5. The molecule has 22 heavy (non-hydrogen) atoms. The third-order valence-electron chi connectivity index (χ3n) is 3.75. The number of aromatic nitrogens is 1. The minimum absolute atomic E-state index is 0.331. The summed E-state index contributed by atoms with van der Waals surface area (Å²) in [6.45, 7) is 0. The lowest BCUT2D eigenvalue weighted by Gasteiger charge is -2.11. The van der Waals surface area contributed by atoms with Gasteiger partial charge in [0, 0.05) is 11.9 Å². The van der Waals surface area contributed by atoms with Gasteiger partial charge in [-0.2, -0.15) is 0 Å². The normalized spacial score (nSPS) is 13.7. The fourth-order valence-corrected chi connectivity index (χ4v) is 2.70. The number of amides is 2. The number of fused-ring (bicyclic) bond motifs is 2. The number of carbonyl (C=O) groups excluding carboxylic acids is 2. The van der Waals surface area contributed by atoms with Gasteiger partial charge >= 0.3 is 0 Å². The van der Waals surface area contributed by atoms with Crippen molar-refractivity contribution in [1.29, 1.82) is 0 Å². The van der Waals surface area contributed by atoms with Crippen LogP contribution in [-0.2, 0) is 0 Å². The molecule has 0 aliphatic carbocycles. The number of nitrogens with zero attached hydrogens (tertiary/aromatic N) is 2. The summed E-state index contributed by atoms with van der Waals surface area (Å²) in [5.41, 5.74) is 7.17. The number of benzene rings is 2. The Kier molecular flexibility index (Phi) is 2.50. The third kappa shape index (κ3) is 1.69. The number of imide groups is 1. The average molecular weight is 289 g/mol. The maximum absolute atomic E-state index is 12.6. The number of nitrogens with two attached hydrogens (primary N) is 1. The van der Waals surface area contributed by atoms with E-state index >= 15 is 0 Å². The molecule has 4 rings (SSSR count). The minimum Gasteiger partial charge on any atom is -0.399 e. The second kappa shape index (κ2) is 4.39. The van der Waals surface area contributed by atoms with Crippen LogP contribution in [0.4, 0.5) is 11.5 Å². The number of hydrogen-bond donors (Lipinski definition) is 1. The number of hydrogen-bond acceptors (Lipinski definition) is 4. The van der Waals surface area contributed by atoms with Crippen LogP contribution >= 0.6 is 0 Å². The minimum atomic E-state index is -0.358. The van der Waals surface area contributed by atoms with Crippen molar-refractivity contribution in [2.24, 2.45) is 0 Å². The van der Waals surface area contributed by atoms with Crippen LogP contribution in [0.25, 0.3) is 10.8 Å². The van der Waals surface area contributed by atoms with Gasteiger partial charge in [0.2, 0.25) is 0 Å². The molecule has 106 valence electrons. The topological polar surface area (TPSA) is 76.3 Å². The first-order valence-corrected chi connectivity index (χ1v) is 6.78. The Morgan fingerprint density at radius 3 is 2.27 bits per heavy atom. The van der Waals surface area contributed by atoms with Gasteiger partial charge in [-0.1, -0.05) is 12.1 Å². The largest absolute Gasteiger partial charge is 0.399 e. The maximum atomic E-state index is 12.6. The second-order valence-electron chi connectivity index (χ2n) is 5.14.